The van der Waals surface area contributed by atoms with Gasteiger partial charge in [-0.25, -0.2) is 13.6 Å². The highest BCUT2D eigenvalue weighted by Gasteiger charge is 2.39. The van der Waals surface area contributed by atoms with E-state index < -0.39 is 23.3 Å². The SMILES string of the molecule is CC(C)(C)OC(=O)NC1(CNCc2ccc(F)cc2F)CCC1. The quantitative estimate of drug-likeness (QED) is 0.871. The zero-order chi connectivity index (χ0) is 17.1. The normalized spacial score (nSPS) is 16.6. The molecule has 1 saturated carbocycles. The Morgan fingerprint density at radius 1 is 1.30 bits per heavy atom. The molecule has 0 unspecified atom stereocenters. The van der Waals surface area contributed by atoms with Crippen molar-refractivity contribution in [2.24, 2.45) is 0 Å². The summed E-state index contributed by atoms with van der Waals surface area (Å²) in [4.78, 5) is 11.9. The molecule has 0 radical (unpaired) electrons. The van der Waals surface area contributed by atoms with E-state index in [0.29, 0.717) is 12.1 Å². The minimum absolute atomic E-state index is 0.282. The molecule has 4 nitrogen and oxygen atoms in total. The van der Waals surface area contributed by atoms with E-state index in [4.69, 9.17) is 4.74 Å². The number of carbonyl (C=O) groups excluding carboxylic acids is 1. The van der Waals surface area contributed by atoms with Crippen molar-refractivity contribution in [2.45, 2.75) is 57.7 Å². The molecule has 0 saturated heterocycles. The lowest BCUT2D eigenvalue weighted by Gasteiger charge is -2.42. The molecule has 1 fully saturated rings. The van der Waals surface area contributed by atoms with Gasteiger partial charge in [-0.3, -0.25) is 0 Å². The second-order valence-corrected chi connectivity index (χ2v) is 7.10. The summed E-state index contributed by atoms with van der Waals surface area (Å²) in [6.07, 6.45) is 2.30. The molecule has 1 amide bonds. The summed E-state index contributed by atoms with van der Waals surface area (Å²) in [5, 5.41) is 6.06. The molecule has 0 aliphatic heterocycles. The van der Waals surface area contributed by atoms with Gasteiger partial charge in [0.1, 0.15) is 17.2 Å². The maximum Gasteiger partial charge on any atom is 0.408 e. The van der Waals surface area contributed by atoms with Gasteiger partial charge in [-0.1, -0.05) is 6.07 Å². The Hall–Kier alpha value is -1.69. The van der Waals surface area contributed by atoms with Gasteiger partial charge in [0.2, 0.25) is 0 Å². The number of rotatable bonds is 5. The molecule has 0 aromatic heterocycles. The Kier molecular flexibility index (Phi) is 5.24. The van der Waals surface area contributed by atoms with E-state index in [-0.39, 0.29) is 12.1 Å². The van der Waals surface area contributed by atoms with Gasteiger partial charge in [0.25, 0.3) is 0 Å². The van der Waals surface area contributed by atoms with Crippen LogP contribution in [0.5, 0.6) is 0 Å². The summed E-state index contributed by atoms with van der Waals surface area (Å²) in [6.45, 7) is 6.24. The van der Waals surface area contributed by atoms with Crippen LogP contribution < -0.4 is 10.6 Å². The lowest BCUT2D eigenvalue weighted by molar-refractivity contribution is 0.0382. The second-order valence-electron chi connectivity index (χ2n) is 7.10. The van der Waals surface area contributed by atoms with Gasteiger partial charge in [-0.2, -0.15) is 0 Å². The number of nitrogens with one attached hydrogen (secondary N) is 2. The van der Waals surface area contributed by atoms with Crippen molar-refractivity contribution < 1.29 is 18.3 Å². The number of carbonyl (C=O) groups is 1. The summed E-state index contributed by atoms with van der Waals surface area (Å²) in [5.41, 5.74) is -0.489. The molecule has 0 atom stereocenters. The summed E-state index contributed by atoms with van der Waals surface area (Å²) in [7, 11) is 0. The van der Waals surface area contributed by atoms with Gasteiger partial charge in [-0.05, 0) is 46.1 Å². The Labute approximate surface area is 135 Å². The summed E-state index contributed by atoms with van der Waals surface area (Å²) >= 11 is 0. The molecule has 23 heavy (non-hydrogen) atoms. The van der Waals surface area contributed by atoms with E-state index in [1.807, 2.05) is 20.8 Å². The molecule has 0 bridgehead atoms. The van der Waals surface area contributed by atoms with E-state index in [1.54, 1.807) is 0 Å². The van der Waals surface area contributed by atoms with E-state index in [9.17, 15) is 13.6 Å². The van der Waals surface area contributed by atoms with Crippen molar-refractivity contribution in [1.82, 2.24) is 10.6 Å². The topological polar surface area (TPSA) is 50.4 Å². The first-order valence-electron chi connectivity index (χ1n) is 7.85. The first-order valence-corrected chi connectivity index (χ1v) is 7.85. The van der Waals surface area contributed by atoms with Crippen LogP contribution in [0.4, 0.5) is 13.6 Å². The highest BCUT2D eigenvalue weighted by atomic mass is 19.1. The van der Waals surface area contributed by atoms with Gasteiger partial charge < -0.3 is 15.4 Å². The maximum absolute atomic E-state index is 13.6. The third-order valence-electron chi connectivity index (χ3n) is 3.87. The third-order valence-corrected chi connectivity index (χ3v) is 3.87. The summed E-state index contributed by atoms with van der Waals surface area (Å²) < 4.78 is 31.8. The average molecular weight is 326 g/mol. The highest BCUT2D eigenvalue weighted by Crippen LogP contribution is 2.31. The van der Waals surface area contributed by atoms with Gasteiger partial charge in [0, 0.05) is 24.7 Å². The van der Waals surface area contributed by atoms with Gasteiger partial charge in [0.05, 0.1) is 5.54 Å². The van der Waals surface area contributed by atoms with Gasteiger partial charge >= 0.3 is 6.09 Å². The Morgan fingerprint density at radius 3 is 2.52 bits per heavy atom. The highest BCUT2D eigenvalue weighted by molar-refractivity contribution is 5.69. The molecule has 0 heterocycles. The monoisotopic (exact) mass is 326 g/mol. The second kappa shape index (κ2) is 6.83. The zero-order valence-corrected chi connectivity index (χ0v) is 13.8. The lowest BCUT2D eigenvalue weighted by Crippen LogP contribution is -2.59. The number of halogens is 2. The first kappa shape index (κ1) is 17.7. The molecular formula is C17H24F2N2O2. The van der Waals surface area contributed by atoms with Crippen LogP contribution in [0.15, 0.2) is 18.2 Å². The molecule has 2 rings (SSSR count). The fourth-order valence-electron chi connectivity index (χ4n) is 2.57. The van der Waals surface area contributed by atoms with Crippen molar-refractivity contribution in [3.8, 4) is 0 Å². The fourth-order valence-corrected chi connectivity index (χ4v) is 2.57. The molecule has 1 aromatic rings. The number of hydrogen-bond donors (Lipinski definition) is 2. The molecular weight excluding hydrogens is 302 g/mol. The van der Waals surface area contributed by atoms with Crippen molar-refractivity contribution in [3.63, 3.8) is 0 Å². The van der Waals surface area contributed by atoms with Crippen LogP contribution in [0.1, 0.15) is 45.6 Å². The summed E-state index contributed by atoms with van der Waals surface area (Å²) in [6, 6.07) is 3.53. The van der Waals surface area contributed by atoms with Crippen molar-refractivity contribution >= 4 is 6.09 Å². The smallest absolute Gasteiger partial charge is 0.408 e. The van der Waals surface area contributed by atoms with Crippen LogP contribution in [0.3, 0.4) is 0 Å². The number of amides is 1. The van der Waals surface area contributed by atoms with Crippen molar-refractivity contribution in [3.05, 3.63) is 35.4 Å². The Morgan fingerprint density at radius 2 is 2.00 bits per heavy atom. The maximum atomic E-state index is 13.6. The first-order chi connectivity index (χ1) is 10.7. The fraction of sp³-hybridized carbons (Fsp3) is 0.588. The van der Waals surface area contributed by atoms with Crippen molar-refractivity contribution in [2.75, 3.05) is 6.54 Å². The predicted octanol–water partition coefficient (Wildman–Crippen LogP) is 3.50. The number of ether oxygens (including phenoxy) is 1. The zero-order valence-electron chi connectivity index (χ0n) is 13.8. The number of alkyl carbamates (subject to hydrolysis) is 1. The van der Waals surface area contributed by atoms with E-state index in [1.165, 1.54) is 12.1 Å². The largest absolute Gasteiger partial charge is 0.444 e. The van der Waals surface area contributed by atoms with Gasteiger partial charge in [-0.15, -0.1) is 0 Å². The van der Waals surface area contributed by atoms with Crippen LogP contribution in [0.25, 0.3) is 0 Å². The van der Waals surface area contributed by atoms with Crippen LogP contribution in [-0.4, -0.2) is 23.8 Å². The molecule has 0 spiro atoms. The average Bonchev–Trinajstić information content (AvgIpc) is 2.36. The summed E-state index contributed by atoms with van der Waals surface area (Å²) in [5.74, 6) is -1.16. The van der Waals surface area contributed by atoms with Crippen LogP contribution >= 0.6 is 0 Å². The Bertz CT molecular complexity index is 566. The minimum atomic E-state index is -0.590. The lowest BCUT2D eigenvalue weighted by atomic mass is 9.76. The standard InChI is InChI=1S/C17H24F2N2O2/c1-16(2,3)23-15(22)21-17(7-4-8-17)11-20-10-12-5-6-13(18)9-14(12)19/h5-6,9,20H,4,7-8,10-11H2,1-3H3,(H,21,22). The Balaban J connectivity index is 1.86. The van der Waals surface area contributed by atoms with E-state index in [2.05, 4.69) is 10.6 Å². The molecule has 128 valence electrons. The van der Waals surface area contributed by atoms with Crippen LogP contribution in [0.2, 0.25) is 0 Å². The predicted molar refractivity (Wildman–Crippen MR) is 84.0 cm³/mol. The van der Waals surface area contributed by atoms with E-state index >= 15 is 0 Å². The van der Waals surface area contributed by atoms with Gasteiger partial charge in [0.15, 0.2) is 0 Å². The van der Waals surface area contributed by atoms with Crippen LogP contribution in [0, 0.1) is 11.6 Å². The molecule has 1 aromatic carbocycles. The number of hydrogen-bond acceptors (Lipinski definition) is 3. The molecule has 1 aliphatic carbocycles. The molecule has 6 heteroatoms. The molecule has 1 aliphatic rings. The number of benzene rings is 1. The van der Waals surface area contributed by atoms with Crippen molar-refractivity contribution in [1.29, 1.82) is 0 Å². The van der Waals surface area contributed by atoms with Crippen LogP contribution in [-0.2, 0) is 11.3 Å². The van der Waals surface area contributed by atoms with E-state index in [0.717, 1.165) is 25.3 Å². The minimum Gasteiger partial charge on any atom is -0.444 e. The molecule has 2 N–H and O–H groups in total. The third kappa shape index (κ3) is 5.16.